The molecule has 0 bridgehead atoms. The molecule has 0 unspecified atom stereocenters. The first-order chi connectivity index (χ1) is 70.3. The van der Waals surface area contributed by atoms with E-state index in [0.29, 0.717) is 0 Å². The molecule has 24 rings (SSSR count). The van der Waals surface area contributed by atoms with Gasteiger partial charge in [0.2, 0.25) is 0 Å². The van der Waals surface area contributed by atoms with Crippen LogP contribution in [0.4, 0.5) is 34.1 Å². The summed E-state index contributed by atoms with van der Waals surface area (Å²) in [5.74, 6) is 0. The largest absolute Gasteiger partial charge is 0.311 e. The third kappa shape index (κ3) is 15.9. The maximum absolute atomic E-state index is 3.69. The Kier molecular flexibility index (Phi) is 22.9. The maximum atomic E-state index is 2.74. The second-order valence-corrected chi connectivity index (χ2v) is 49.9. The maximum Gasteiger partial charge on any atom is 0.252 e. The summed E-state index contributed by atoms with van der Waals surface area (Å²) in [5, 5.41) is 12.7. The van der Waals surface area contributed by atoms with Gasteiger partial charge in [-0.1, -0.05) is 511 Å². The number of benzene rings is 21. The Hall–Kier alpha value is -16.5. The molecule has 2 aliphatic rings. The van der Waals surface area contributed by atoms with Crippen LogP contribution >= 0.6 is 0 Å². The summed E-state index contributed by atoms with van der Waals surface area (Å²) >= 11 is 0. The molecule has 144 heavy (non-hydrogen) atoms. The van der Waals surface area contributed by atoms with Crippen molar-refractivity contribution in [3.63, 3.8) is 0 Å². The SMILES string of the molecule is CC(C)(C)c1cc(-c2ccc3c(c2)N(c2cc(-c4ccccc4)cc(-c4ccccc4)c2)c2cc(-n4c5ccccc5c5ccccc54)cc4c2B3c2ccc(-c3cc([Si](c5ccccc5)(c5ccccc5)c5cccc(-c6ccccc6)c5)cc([Si](c5ccccc5)(c5ccccc5)c5ccc(-c6ccccc6)c(-c6ccccc6)c5)c3)cc2N4c2ccc(C(C)(C)C)cc2-c2ccccc2)cc(C(C)(C)C)c1. The van der Waals surface area contributed by atoms with Crippen LogP contribution in [0.3, 0.4) is 0 Å². The molecule has 0 atom stereocenters. The predicted molar refractivity (Wildman–Crippen MR) is 622 cm³/mol. The average Bonchev–Trinajstić information content (AvgIpc) is 0.763. The average molecular weight is 1880 g/mol. The molecule has 1 aromatic heterocycles. The van der Waals surface area contributed by atoms with Crippen LogP contribution in [0.1, 0.15) is 79.0 Å². The van der Waals surface area contributed by atoms with Crippen molar-refractivity contribution in [2.24, 2.45) is 0 Å². The van der Waals surface area contributed by atoms with Gasteiger partial charge < -0.3 is 14.4 Å². The van der Waals surface area contributed by atoms with E-state index in [-0.39, 0.29) is 23.0 Å². The normalized spacial score (nSPS) is 12.6. The van der Waals surface area contributed by atoms with Gasteiger partial charge in [0.25, 0.3) is 6.71 Å². The fourth-order valence-corrected chi connectivity index (χ4v) is 33.1. The van der Waals surface area contributed by atoms with Crippen molar-refractivity contribution >= 4 is 137 Å². The summed E-state index contributed by atoms with van der Waals surface area (Å²) in [7, 11) is -7.32. The monoisotopic (exact) mass is 1880 g/mol. The van der Waals surface area contributed by atoms with Crippen molar-refractivity contribution in [1.82, 2.24) is 4.57 Å². The quantitative estimate of drug-likeness (QED) is 0.0590. The van der Waals surface area contributed by atoms with Crippen molar-refractivity contribution in [3.05, 3.63) is 532 Å². The zero-order valence-corrected chi connectivity index (χ0v) is 85.0. The number of hydrogen-bond donors (Lipinski definition) is 0. The van der Waals surface area contributed by atoms with Crippen molar-refractivity contribution in [2.45, 2.75) is 78.6 Å². The van der Waals surface area contributed by atoms with Gasteiger partial charge in [0.1, 0.15) is 0 Å². The van der Waals surface area contributed by atoms with Crippen LogP contribution in [0.25, 0.3) is 117 Å². The molecule has 6 heteroatoms. The highest BCUT2D eigenvalue weighted by Gasteiger charge is 2.49. The molecule has 0 spiro atoms. The number of rotatable bonds is 19. The van der Waals surface area contributed by atoms with E-state index in [4.69, 9.17) is 0 Å². The van der Waals surface area contributed by atoms with Gasteiger partial charge in [-0.15, -0.1) is 0 Å². The summed E-state index contributed by atoms with van der Waals surface area (Å²) in [6, 6.07) is 199. The molecule has 3 nitrogen and oxygen atoms in total. The van der Waals surface area contributed by atoms with E-state index in [1.165, 1.54) is 119 Å². The zero-order chi connectivity index (χ0) is 97.6. The number of nitrogens with zero attached hydrogens (tertiary/aromatic N) is 3. The molecule has 690 valence electrons. The lowest BCUT2D eigenvalue weighted by Crippen LogP contribution is -2.78. The highest BCUT2D eigenvalue weighted by Crippen LogP contribution is 2.52. The molecule has 0 saturated heterocycles. The molecule has 22 aromatic rings. The van der Waals surface area contributed by atoms with Crippen LogP contribution in [-0.2, 0) is 16.2 Å². The number of aromatic nitrogens is 1. The summed E-state index contributed by atoms with van der Waals surface area (Å²) in [4.78, 5) is 5.42. The molecule has 0 saturated carbocycles. The van der Waals surface area contributed by atoms with Crippen molar-refractivity contribution in [2.75, 3.05) is 9.80 Å². The molecule has 0 fully saturated rings. The standard InChI is InChI=1S/C138H112BN3Si2/c1-136(2,3)108-73-78-130(125(90-108)100-55-30-15-31-56-100)142-132-88-103(107-85-119(143(113-58-32-16-33-59-113,114-60-34-17-35-61-114)117-66-44-57-101(84-117)95-45-20-10-21-46-95)93-120(86-107)144(115-62-36-18-37-63-115,116-64-38-19-39-65-116)118-74-75-121(98-51-26-13-27-52-98)124(94-118)99-53-28-14-29-54-99)72-77-127(132)139-126-76-71-102(106-80-109(137(4,5)6)89-110(81-106)138(7,8)9)87-131(126)141(111-82-104(96-47-22-11-23-48-96)79-105(83-111)97-49-24-12-25-50-97)133-91-112(92-134(142)135(133)139)140-128-69-42-40-67-122(128)123-68-41-43-70-129(123)140/h10-94H,1-9H3. The molecule has 0 aliphatic carbocycles. The summed E-state index contributed by atoms with van der Waals surface area (Å²) in [6.07, 6.45) is 0. The molecule has 2 aliphatic heterocycles. The Morgan fingerprint density at radius 2 is 0.528 bits per heavy atom. The number of fused-ring (bicyclic) bond motifs is 7. The van der Waals surface area contributed by atoms with E-state index >= 15 is 0 Å². The van der Waals surface area contributed by atoms with Crippen LogP contribution in [0.2, 0.25) is 0 Å². The van der Waals surface area contributed by atoms with Crippen LogP contribution in [0.15, 0.2) is 516 Å². The molecular formula is C138H112BN3Si2. The topological polar surface area (TPSA) is 11.4 Å². The summed E-state index contributed by atoms with van der Waals surface area (Å²) in [5.41, 5.74) is 35.3. The molecule has 21 aromatic carbocycles. The van der Waals surface area contributed by atoms with E-state index in [1.807, 2.05) is 0 Å². The smallest absolute Gasteiger partial charge is 0.252 e. The minimum absolute atomic E-state index is 0.146. The lowest BCUT2D eigenvalue weighted by Gasteiger charge is -2.45. The summed E-state index contributed by atoms with van der Waals surface area (Å²) < 4.78 is 2.57. The summed E-state index contributed by atoms with van der Waals surface area (Å²) in [6.45, 7) is 20.9. The van der Waals surface area contributed by atoms with E-state index in [2.05, 4.69) is 592 Å². The van der Waals surface area contributed by atoms with E-state index in [1.54, 1.807) is 0 Å². The van der Waals surface area contributed by atoms with Crippen molar-refractivity contribution < 1.29 is 0 Å². The molecule has 0 N–H and O–H groups in total. The first-order valence-electron chi connectivity index (χ1n) is 50.8. The fourth-order valence-electron chi connectivity index (χ4n) is 23.3. The van der Waals surface area contributed by atoms with E-state index in [9.17, 15) is 0 Å². The van der Waals surface area contributed by atoms with Gasteiger partial charge in [0.15, 0.2) is 16.1 Å². The highest BCUT2D eigenvalue weighted by molar-refractivity contribution is 7.22. The first kappa shape index (κ1) is 90.1. The van der Waals surface area contributed by atoms with Crippen LogP contribution in [0, 0.1) is 0 Å². The van der Waals surface area contributed by atoms with Gasteiger partial charge in [-0.25, -0.2) is 0 Å². The van der Waals surface area contributed by atoms with Gasteiger partial charge >= 0.3 is 0 Å². The second-order valence-electron chi connectivity index (χ2n) is 42.3. The van der Waals surface area contributed by atoms with Crippen molar-refractivity contribution in [3.8, 4) is 94.7 Å². The first-order valence-corrected chi connectivity index (χ1v) is 54.8. The van der Waals surface area contributed by atoms with Crippen molar-refractivity contribution in [1.29, 1.82) is 0 Å². The minimum Gasteiger partial charge on any atom is -0.311 e. The minimum atomic E-state index is -3.69. The molecule has 0 radical (unpaired) electrons. The highest BCUT2D eigenvalue weighted by atomic mass is 28.3. The Morgan fingerprint density at radius 1 is 0.181 bits per heavy atom. The third-order valence-electron chi connectivity index (χ3n) is 30.5. The van der Waals surface area contributed by atoms with Gasteiger partial charge in [-0.3, -0.25) is 0 Å². The Balaban J connectivity index is 0.868. The second kappa shape index (κ2) is 36.6. The fraction of sp³-hybridized carbons (Fsp3) is 0.0870. The Bertz CT molecular complexity index is 8370. The van der Waals surface area contributed by atoms with Crippen LogP contribution < -0.4 is 67.7 Å². The predicted octanol–water partition coefficient (Wildman–Crippen LogP) is 28.8. The molecule has 0 amide bonds. The van der Waals surface area contributed by atoms with Gasteiger partial charge in [0.05, 0.1) is 22.4 Å². The zero-order valence-electron chi connectivity index (χ0n) is 83.0. The number of anilines is 6. The van der Waals surface area contributed by atoms with Gasteiger partial charge in [-0.05, 0) is 241 Å². The number of para-hydroxylation sites is 2. The lowest BCUT2D eigenvalue weighted by molar-refractivity contribution is 0.569. The van der Waals surface area contributed by atoms with Gasteiger partial charge in [-0.2, -0.15) is 0 Å². The van der Waals surface area contributed by atoms with Gasteiger partial charge in [0, 0.05) is 44.8 Å². The molecule has 3 heterocycles. The molecular weight excluding hydrogens is 1770 g/mol. The lowest BCUT2D eigenvalue weighted by atomic mass is 9.33. The van der Waals surface area contributed by atoms with Crippen LogP contribution in [0.5, 0.6) is 0 Å². The Labute approximate surface area is 850 Å². The number of hydrogen-bond acceptors (Lipinski definition) is 2. The van der Waals surface area contributed by atoms with Crippen LogP contribution in [-0.4, -0.2) is 27.4 Å². The van der Waals surface area contributed by atoms with E-state index in [0.717, 1.165) is 106 Å². The van der Waals surface area contributed by atoms with E-state index < -0.39 is 16.1 Å². The Morgan fingerprint density at radius 3 is 0.979 bits per heavy atom. The third-order valence-corrected chi connectivity index (χ3v) is 39.9.